The molecule has 3 aromatic carbocycles. The van der Waals surface area contributed by atoms with Gasteiger partial charge in [-0.25, -0.2) is 0 Å². The Bertz CT molecular complexity index is 1140. The Morgan fingerprint density at radius 3 is 2.16 bits per heavy atom. The van der Waals surface area contributed by atoms with E-state index >= 15 is 0 Å². The molecule has 1 N–H and O–H groups in total. The van der Waals surface area contributed by atoms with E-state index in [0.29, 0.717) is 16.9 Å². The topological polar surface area (TPSA) is 66.5 Å². The van der Waals surface area contributed by atoms with Gasteiger partial charge in [0.2, 0.25) is 11.8 Å². The summed E-state index contributed by atoms with van der Waals surface area (Å²) in [7, 11) is 0. The summed E-state index contributed by atoms with van der Waals surface area (Å²) in [5.74, 6) is -0.664. The van der Waals surface area contributed by atoms with Crippen molar-refractivity contribution in [2.75, 3.05) is 10.2 Å². The number of hydrogen-bond donors (Lipinski definition) is 1. The maximum Gasteiger partial charge on any atom is 0.255 e. The molecule has 5 nitrogen and oxygen atoms in total. The Labute approximate surface area is 185 Å². The van der Waals surface area contributed by atoms with E-state index in [1.165, 1.54) is 20.9 Å². The van der Waals surface area contributed by atoms with Gasteiger partial charge >= 0.3 is 0 Å². The first kappa shape index (κ1) is 20.9. The number of nitrogens with one attached hydrogen (secondary N) is 1. The Hall–Kier alpha value is -3.38. The zero-order valence-corrected chi connectivity index (χ0v) is 18.2. The highest BCUT2D eigenvalue weighted by molar-refractivity contribution is 7.99. The lowest BCUT2D eigenvalue weighted by Crippen LogP contribution is -2.28. The largest absolute Gasteiger partial charge is 0.322 e. The molecule has 1 fully saturated rings. The summed E-state index contributed by atoms with van der Waals surface area (Å²) >= 11 is 1.69. The molecular weight excluding hydrogens is 408 g/mol. The SMILES string of the molecule is Cc1ccc(C)c(Sc2ccc(NC(=O)c3ccc(N4C(=O)CCC4=O)cc3)cc2)c1. The van der Waals surface area contributed by atoms with Crippen LogP contribution >= 0.6 is 11.8 Å². The molecule has 6 heteroatoms. The lowest BCUT2D eigenvalue weighted by molar-refractivity contribution is -0.121. The van der Waals surface area contributed by atoms with Crippen LogP contribution in [-0.4, -0.2) is 17.7 Å². The number of aryl methyl sites for hydroxylation is 2. The van der Waals surface area contributed by atoms with Crippen LogP contribution in [-0.2, 0) is 9.59 Å². The number of rotatable bonds is 5. The van der Waals surface area contributed by atoms with Crippen LogP contribution in [0.25, 0.3) is 0 Å². The van der Waals surface area contributed by atoms with Gasteiger partial charge < -0.3 is 5.32 Å². The maximum atomic E-state index is 12.6. The molecule has 1 saturated heterocycles. The first-order chi connectivity index (χ1) is 14.9. The Balaban J connectivity index is 1.41. The summed E-state index contributed by atoms with van der Waals surface area (Å²) in [6.07, 6.45) is 0.470. The quantitative estimate of drug-likeness (QED) is 0.554. The molecule has 1 heterocycles. The first-order valence-electron chi connectivity index (χ1n) is 10.0. The van der Waals surface area contributed by atoms with Gasteiger partial charge in [-0.3, -0.25) is 19.3 Å². The number of hydrogen-bond acceptors (Lipinski definition) is 4. The van der Waals surface area contributed by atoms with Crippen molar-refractivity contribution < 1.29 is 14.4 Å². The Morgan fingerprint density at radius 1 is 0.871 bits per heavy atom. The third-order valence-corrected chi connectivity index (χ3v) is 6.29. The molecule has 3 amide bonds. The summed E-state index contributed by atoms with van der Waals surface area (Å²) in [5.41, 5.74) is 4.10. The molecular formula is C25H22N2O3S. The van der Waals surface area contributed by atoms with Crippen LogP contribution in [0.3, 0.4) is 0 Å². The van der Waals surface area contributed by atoms with E-state index in [1.807, 2.05) is 24.3 Å². The molecule has 0 radical (unpaired) electrons. The van der Waals surface area contributed by atoms with Gasteiger partial charge in [0.25, 0.3) is 5.91 Å². The number of anilines is 2. The van der Waals surface area contributed by atoms with Gasteiger partial charge in [0.15, 0.2) is 0 Å². The van der Waals surface area contributed by atoms with Crippen molar-refractivity contribution in [1.82, 2.24) is 0 Å². The molecule has 0 atom stereocenters. The molecule has 0 spiro atoms. The van der Waals surface area contributed by atoms with Gasteiger partial charge in [-0.05, 0) is 79.6 Å². The van der Waals surface area contributed by atoms with E-state index in [1.54, 1.807) is 36.0 Å². The molecule has 0 bridgehead atoms. The molecule has 4 rings (SSSR count). The number of imide groups is 1. The second kappa shape index (κ2) is 8.78. The fourth-order valence-corrected chi connectivity index (χ4v) is 4.38. The van der Waals surface area contributed by atoms with Crippen molar-refractivity contribution in [3.63, 3.8) is 0 Å². The smallest absolute Gasteiger partial charge is 0.255 e. The van der Waals surface area contributed by atoms with Gasteiger partial charge in [0.05, 0.1) is 5.69 Å². The predicted octanol–water partition coefficient (Wildman–Crippen LogP) is 5.36. The summed E-state index contributed by atoms with van der Waals surface area (Å²) in [6, 6.07) is 20.6. The van der Waals surface area contributed by atoms with Gasteiger partial charge in [-0.2, -0.15) is 0 Å². The minimum absolute atomic E-state index is 0.207. The van der Waals surface area contributed by atoms with Crippen molar-refractivity contribution in [3.8, 4) is 0 Å². The molecule has 156 valence electrons. The number of amides is 3. The zero-order chi connectivity index (χ0) is 22.0. The van der Waals surface area contributed by atoms with Gasteiger partial charge in [-0.15, -0.1) is 0 Å². The highest BCUT2D eigenvalue weighted by atomic mass is 32.2. The van der Waals surface area contributed by atoms with Crippen molar-refractivity contribution in [3.05, 3.63) is 83.4 Å². The first-order valence-corrected chi connectivity index (χ1v) is 10.8. The van der Waals surface area contributed by atoms with Gasteiger partial charge in [-0.1, -0.05) is 23.9 Å². The second-order valence-electron chi connectivity index (χ2n) is 7.52. The lowest BCUT2D eigenvalue weighted by Gasteiger charge is -2.14. The van der Waals surface area contributed by atoms with E-state index in [0.717, 1.165) is 4.90 Å². The normalized spacial score (nSPS) is 13.5. The van der Waals surface area contributed by atoms with E-state index in [4.69, 9.17) is 0 Å². The van der Waals surface area contributed by atoms with Crippen molar-refractivity contribution >= 4 is 40.9 Å². The summed E-state index contributed by atoms with van der Waals surface area (Å²) < 4.78 is 0. The molecule has 0 unspecified atom stereocenters. The van der Waals surface area contributed by atoms with Crippen molar-refractivity contribution in [2.24, 2.45) is 0 Å². The molecule has 31 heavy (non-hydrogen) atoms. The zero-order valence-electron chi connectivity index (χ0n) is 17.3. The summed E-state index contributed by atoms with van der Waals surface area (Å²) in [4.78, 5) is 39.7. The number of benzene rings is 3. The number of carbonyl (C=O) groups excluding carboxylic acids is 3. The van der Waals surface area contributed by atoms with E-state index in [2.05, 4.69) is 37.4 Å². The van der Waals surface area contributed by atoms with Crippen LogP contribution in [0, 0.1) is 13.8 Å². The second-order valence-corrected chi connectivity index (χ2v) is 8.63. The summed E-state index contributed by atoms with van der Waals surface area (Å²) in [6.45, 7) is 4.17. The van der Waals surface area contributed by atoms with Crippen LogP contribution in [0.5, 0.6) is 0 Å². The van der Waals surface area contributed by atoms with Crippen LogP contribution in [0.15, 0.2) is 76.5 Å². The van der Waals surface area contributed by atoms with Crippen LogP contribution in [0.2, 0.25) is 0 Å². The van der Waals surface area contributed by atoms with Crippen LogP contribution in [0.4, 0.5) is 11.4 Å². The minimum Gasteiger partial charge on any atom is -0.322 e. The predicted molar refractivity (Wildman–Crippen MR) is 123 cm³/mol. The molecule has 0 aromatic heterocycles. The van der Waals surface area contributed by atoms with E-state index in [-0.39, 0.29) is 30.6 Å². The third-order valence-electron chi connectivity index (χ3n) is 5.12. The average molecular weight is 431 g/mol. The van der Waals surface area contributed by atoms with E-state index < -0.39 is 0 Å². The maximum absolute atomic E-state index is 12.6. The number of carbonyl (C=O) groups is 3. The van der Waals surface area contributed by atoms with Gasteiger partial charge in [0, 0.05) is 33.9 Å². The average Bonchev–Trinajstić information content (AvgIpc) is 3.10. The van der Waals surface area contributed by atoms with Crippen LogP contribution in [0.1, 0.15) is 34.3 Å². The van der Waals surface area contributed by atoms with Crippen LogP contribution < -0.4 is 10.2 Å². The highest BCUT2D eigenvalue weighted by Gasteiger charge is 2.30. The fraction of sp³-hybridized carbons (Fsp3) is 0.160. The Morgan fingerprint density at radius 2 is 1.52 bits per heavy atom. The molecule has 3 aromatic rings. The Kier molecular flexibility index (Phi) is 5.91. The molecule has 0 aliphatic carbocycles. The standard InChI is InChI=1S/C25H22N2O3S/c1-16-3-4-17(2)22(15-16)31-21-11-7-19(8-12-21)26-25(30)18-5-9-20(10-6-18)27-23(28)13-14-24(27)29/h3-12,15H,13-14H2,1-2H3,(H,26,30). The third kappa shape index (κ3) is 4.70. The van der Waals surface area contributed by atoms with Crippen molar-refractivity contribution in [1.29, 1.82) is 0 Å². The van der Waals surface area contributed by atoms with E-state index in [9.17, 15) is 14.4 Å². The molecule has 1 aliphatic rings. The van der Waals surface area contributed by atoms with Gasteiger partial charge in [0.1, 0.15) is 0 Å². The van der Waals surface area contributed by atoms with Crippen molar-refractivity contribution in [2.45, 2.75) is 36.5 Å². The fourth-order valence-electron chi connectivity index (χ4n) is 3.38. The lowest BCUT2D eigenvalue weighted by atomic mass is 10.1. The molecule has 0 saturated carbocycles. The summed E-state index contributed by atoms with van der Waals surface area (Å²) in [5, 5.41) is 2.88. The highest BCUT2D eigenvalue weighted by Crippen LogP contribution is 2.31. The number of nitrogens with zero attached hydrogens (tertiary/aromatic N) is 1. The minimum atomic E-state index is -0.249. The monoisotopic (exact) mass is 430 g/mol. The molecule has 1 aliphatic heterocycles.